The van der Waals surface area contributed by atoms with Gasteiger partial charge in [0.15, 0.2) is 0 Å². The van der Waals surface area contributed by atoms with Gasteiger partial charge in [0, 0.05) is 35.6 Å². The van der Waals surface area contributed by atoms with Gasteiger partial charge in [-0.05, 0) is 160 Å². The maximum Gasteiger partial charge on any atom is 0.0273 e. The van der Waals surface area contributed by atoms with Crippen LogP contribution in [0, 0.1) is 0 Å². The van der Waals surface area contributed by atoms with Crippen LogP contribution in [0.4, 0.5) is 0 Å². The molecule has 10 rings (SSSR count). The molecule has 2 aliphatic rings. The Kier molecular flexibility index (Phi) is 6.60. The first-order chi connectivity index (χ1) is 25.3. The molecule has 0 unspecified atom stereocenters. The zero-order chi connectivity index (χ0) is 35.2. The van der Waals surface area contributed by atoms with Crippen molar-refractivity contribution in [1.29, 1.82) is 0 Å². The summed E-state index contributed by atoms with van der Waals surface area (Å²) < 4.78 is 0. The molecule has 0 N–H and O–H groups in total. The molecule has 0 amide bonds. The number of fused-ring (bicyclic) bond motifs is 7. The van der Waals surface area contributed by atoms with E-state index in [0.717, 1.165) is 11.1 Å². The van der Waals surface area contributed by atoms with Gasteiger partial charge in [0.2, 0.25) is 0 Å². The van der Waals surface area contributed by atoms with E-state index in [9.17, 15) is 0 Å². The second-order valence-electron chi connectivity index (χ2n) is 15.5. The molecule has 6 aromatic carbocycles. The lowest BCUT2D eigenvalue weighted by Crippen LogP contribution is -2.19. The average molecular weight is 667 g/mol. The van der Waals surface area contributed by atoms with Gasteiger partial charge in [-0.15, -0.1) is 0 Å². The van der Waals surface area contributed by atoms with E-state index in [0.29, 0.717) is 0 Å². The molecule has 0 radical (unpaired) electrons. The molecule has 2 aliphatic carbocycles. The highest BCUT2D eigenvalue weighted by molar-refractivity contribution is 6.15. The lowest BCUT2D eigenvalue weighted by molar-refractivity contribution is 0.694. The summed E-state index contributed by atoms with van der Waals surface area (Å²) in [4.78, 5) is 8.55. The minimum atomic E-state index is -0.156. The summed E-state index contributed by atoms with van der Waals surface area (Å²) in [5.74, 6) is 0. The highest BCUT2D eigenvalue weighted by Gasteiger charge is 2.49. The van der Waals surface area contributed by atoms with Crippen LogP contribution < -0.4 is 0 Å². The zero-order valence-electron chi connectivity index (χ0n) is 29.9. The molecule has 0 fully saturated rings. The summed E-state index contributed by atoms with van der Waals surface area (Å²) in [6.45, 7) is 9.69. The van der Waals surface area contributed by atoms with Gasteiger partial charge in [-0.1, -0.05) is 100 Å². The highest BCUT2D eigenvalue weighted by Crippen LogP contribution is 2.63. The Labute approximate surface area is 305 Å². The van der Waals surface area contributed by atoms with E-state index in [-0.39, 0.29) is 10.8 Å². The normalized spacial score (nSPS) is 15.2. The molecule has 248 valence electrons. The summed E-state index contributed by atoms with van der Waals surface area (Å²) in [5, 5.41) is 5.19. The van der Waals surface area contributed by atoms with Crippen LogP contribution in [0.3, 0.4) is 0 Å². The van der Waals surface area contributed by atoms with E-state index >= 15 is 0 Å². The maximum absolute atomic E-state index is 4.27. The molecule has 2 nitrogen and oxygen atoms in total. The fourth-order valence-corrected chi connectivity index (χ4v) is 9.25. The van der Waals surface area contributed by atoms with E-state index < -0.39 is 0 Å². The van der Waals surface area contributed by atoms with Crippen molar-refractivity contribution >= 4 is 32.7 Å². The van der Waals surface area contributed by atoms with Crippen LogP contribution in [-0.2, 0) is 10.8 Å². The average Bonchev–Trinajstić information content (AvgIpc) is 3.58. The molecule has 0 aliphatic heterocycles. The van der Waals surface area contributed by atoms with E-state index in [4.69, 9.17) is 0 Å². The largest absolute Gasteiger partial charge is 0.265 e. The molecule has 52 heavy (non-hydrogen) atoms. The zero-order valence-corrected chi connectivity index (χ0v) is 29.9. The van der Waals surface area contributed by atoms with Gasteiger partial charge in [0.1, 0.15) is 0 Å². The maximum atomic E-state index is 4.27. The van der Waals surface area contributed by atoms with Gasteiger partial charge in [0.25, 0.3) is 0 Å². The topological polar surface area (TPSA) is 25.8 Å². The number of rotatable bonds is 4. The van der Waals surface area contributed by atoms with E-state index in [1.165, 1.54) is 88.3 Å². The summed E-state index contributed by atoms with van der Waals surface area (Å²) >= 11 is 0. The third-order valence-electron chi connectivity index (χ3n) is 11.8. The van der Waals surface area contributed by atoms with E-state index in [1.807, 2.05) is 24.8 Å². The second kappa shape index (κ2) is 11.2. The fourth-order valence-electron chi connectivity index (χ4n) is 9.25. The van der Waals surface area contributed by atoms with Gasteiger partial charge >= 0.3 is 0 Å². The van der Waals surface area contributed by atoms with Crippen molar-refractivity contribution in [2.24, 2.45) is 0 Å². The fraction of sp³-hybridized carbons (Fsp3) is 0.120. The highest BCUT2D eigenvalue weighted by atomic mass is 14.6. The van der Waals surface area contributed by atoms with E-state index in [2.05, 4.69) is 171 Å². The Balaban J connectivity index is 1.09. The van der Waals surface area contributed by atoms with Crippen LogP contribution in [0.1, 0.15) is 49.9 Å². The molecule has 0 spiro atoms. The van der Waals surface area contributed by atoms with Gasteiger partial charge in [0.05, 0.1) is 0 Å². The van der Waals surface area contributed by atoms with Gasteiger partial charge in [-0.3, -0.25) is 9.97 Å². The summed E-state index contributed by atoms with van der Waals surface area (Å²) in [6, 6.07) is 49.7. The first kappa shape index (κ1) is 30.7. The van der Waals surface area contributed by atoms with Crippen molar-refractivity contribution in [3.05, 3.63) is 181 Å². The molecule has 2 heterocycles. The van der Waals surface area contributed by atoms with Crippen molar-refractivity contribution in [3.63, 3.8) is 0 Å². The van der Waals surface area contributed by atoms with E-state index in [1.54, 1.807) is 0 Å². The van der Waals surface area contributed by atoms with Crippen LogP contribution in [0.25, 0.3) is 77.2 Å². The molecule has 2 aromatic heterocycles. The Bertz CT molecular complexity index is 2710. The van der Waals surface area contributed by atoms with Crippen LogP contribution >= 0.6 is 0 Å². The number of nitrogens with zero attached hydrogens (tertiary/aromatic N) is 2. The van der Waals surface area contributed by atoms with Crippen molar-refractivity contribution in [2.75, 3.05) is 0 Å². The van der Waals surface area contributed by atoms with Crippen LogP contribution in [0.2, 0.25) is 0 Å². The third-order valence-corrected chi connectivity index (χ3v) is 11.8. The van der Waals surface area contributed by atoms with Gasteiger partial charge < -0.3 is 0 Å². The molecular formula is C50H38N2. The minimum Gasteiger partial charge on any atom is -0.265 e. The number of hydrogen-bond donors (Lipinski definition) is 0. The number of aromatic nitrogens is 2. The number of allylic oxidation sites excluding steroid dienone is 2. The monoisotopic (exact) mass is 666 g/mol. The van der Waals surface area contributed by atoms with Crippen LogP contribution in [0.5, 0.6) is 0 Å². The quantitative estimate of drug-likeness (QED) is 0.175. The molecule has 0 bridgehead atoms. The Morgan fingerprint density at radius 3 is 1.38 bits per heavy atom. The van der Waals surface area contributed by atoms with Crippen molar-refractivity contribution in [1.82, 2.24) is 9.97 Å². The molecule has 2 heteroatoms. The molecule has 0 saturated heterocycles. The first-order valence-corrected chi connectivity index (χ1v) is 18.2. The van der Waals surface area contributed by atoms with Crippen molar-refractivity contribution in [2.45, 2.75) is 38.5 Å². The third kappa shape index (κ3) is 4.50. The molecular weight excluding hydrogens is 629 g/mol. The summed E-state index contributed by atoms with van der Waals surface area (Å²) in [7, 11) is 0. The molecule has 0 saturated carbocycles. The number of hydrogen-bond acceptors (Lipinski definition) is 2. The first-order valence-electron chi connectivity index (χ1n) is 18.2. The van der Waals surface area contributed by atoms with Gasteiger partial charge in [-0.25, -0.2) is 0 Å². The van der Waals surface area contributed by atoms with Crippen molar-refractivity contribution < 1.29 is 0 Å². The lowest BCUT2D eigenvalue weighted by Gasteiger charge is -2.29. The second-order valence-corrected chi connectivity index (χ2v) is 15.5. The van der Waals surface area contributed by atoms with Crippen molar-refractivity contribution in [3.8, 4) is 44.5 Å². The SMILES string of the molecule is CC1(C)C2=C(c3ccc(-c4cc(-c5ccncc5)cc(-c5ccncc5)c4)cc31)C(C)(C)c1cc(-c3cc4ccccc4c4ccccc34)ccc12. The number of benzene rings is 6. The summed E-state index contributed by atoms with van der Waals surface area (Å²) in [5.41, 5.74) is 17.9. The predicted octanol–water partition coefficient (Wildman–Crippen LogP) is 12.9. The predicted molar refractivity (Wildman–Crippen MR) is 218 cm³/mol. The Hall–Kier alpha value is -6.12. The summed E-state index contributed by atoms with van der Waals surface area (Å²) in [6.07, 6.45) is 7.47. The smallest absolute Gasteiger partial charge is 0.0273 e. The van der Waals surface area contributed by atoms with Crippen LogP contribution in [0.15, 0.2) is 158 Å². The van der Waals surface area contributed by atoms with Gasteiger partial charge in [-0.2, -0.15) is 0 Å². The number of pyridine rings is 2. The lowest BCUT2D eigenvalue weighted by atomic mass is 9.74. The molecule has 8 aromatic rings. The Morgan fingerprint density at radius 1 is 0.346 bits per heavy atom. The molecule has 0 atom stereocenters. The Morgan fingerprint density at radius 2 is 0.808 bits per heavy atom. The van der Waals surface area contributed by atoms with Crippen LogP contribution in [-0.4, -0.2) is 9.97 Å². The standard InChI is InChI=1S/C50H38N2/c1-49(2)45-29-33(38-26-36(31-17-21-51-22-18-31)25-37(27-38)32-19-23-52-24-20-32)13-15-42(45)47-48(49)43-16-14-35(30-46(43)50(47,3)4)44-28-34-9-5-6-10-39(34)40-11-7-8-12-41(40)44/h5-30H,1-4H3. The minimum absolute atomic E-state index is 0.146.